The summed E-state index contributed by atoms with van der Waals surface area (Å²) < 4.78 is 0. The first-order chi connectivity index (χ1) is 5.59. The largest absolute Gasteiger partial charge is 0.481 e. The third kappa shape index (κ3) is 4.37. The molecule has 0 aromatic carbocycles. The molecule has 0 aliphatic rings. The van der Waals surface area contributed by atoms with Gasteiger partial charge in [-0.3, -0.25) is 4.79 Å². The molecule has 2 nitrogen and oxygen atoms in total. The van der Waals surface area contributed by atoms with E-state index in [4.69, 9.17) is 5.11 Å². The highest BCUT2D eigenvalue weighted by Gasteiger charge is 2.18. The molecule has 2 unspecified atom stereocenters. The van der Waals surface area contributed by atoms with E-state index < -0.39 is 5.97 Å². The molecule has 0 aromatic rings. The molecule has 71 valence electrons. The fraction of sp³-hybridized carbons (Fsp3) is 0.800. The molecule has 2 heteroatoms. The van der Waals surface area contributed by atoms with E-state index >= 15 is 0 Å². The van der Waals surface area contributed by atoms with Gasteiger partial charge >= 0.3 is 5.97 Å². The van der Waals surface area contributed by atoms with Gasteiger partial charge in [0.1, 0.15) is 0 Å². The van der Waals surface area contributed by atoms with E-state index in [-0.39, 0.29) is 11.8 Å². The van der Waals surface area contributed by atoms with Crippen molar-refractivity contribution >= 4 is 5.97 Å². The predicted octanol–water partition coefficient (Wildman–Crippen LogP) is 2.74. The van der Waals surface area contributed by atoms with E-state index in [1.54, 1.807) is 6.92 Å². The summed E-state index contributed by atoms with van der Waals surface area (Å²) in [5.41, 5.74) is 0. The van der Waals surface area contributed by atoms with Gasteiger partial charge in [0.15, 0.2) is 0 Å². The molecule has 0 fully saturated rings. The van der Waals surface area contributed by atoms with Crippen molar-refractivity contribution in [3.05, 3.63) is 6.92 Å². The van der Waals surface area contributed by atoms with Crippen molar-refractivity contribution in [3.8, 4) is 0 Å². The Morgan fingerprint density at radius 2 is 2.08 bits per heavy atom. The van der Waals surface area contributed by atoms with Gasteiger partial charge in [-0.1, -0.05) is 33.1 Å². The number of rotatable bonds is 6. The fourth-order valence-electron chi connectivity index (χ4n) is 1.11. The summed E-state index contributed by atoms with van der Waals surface area (Å²) in [6.45, 7) is 7.72. The van der Waals surface area contributed by atoms with Gasteiger partial charge in [0.2, 0.25) is 0 Å². The molecule has 0 saturated heterocycles. The van der Waals surface area contributed by atoms with Gasteiger partial charge in [-0.2, -0.15) is 0 Å². The van der Waals surface area contributed by atoms with Crippen molar-refractivity contribution in [2.45, 2.75) is 39.5 Å². The Labute approximate surface area is 75.0 Å². The third-order valence-electron chi connectivity index (χ3n) is 2.28. The van der Waals surface area contributed by atoms with Gasteiger partial charge in [-0.15, -0.1) is 0 Å². The summed E-state index contributed by atoms with van der Waals surface area (Å²) in [7, 11) is 0. The fourth-order valence-corrected chi connectivity index (χ4v) is 1.11. The minimum Gasteiger partial charge on any atom is -0.481 e. The van der Waals surface area contributed by atoms with Crippen LogP contribution in [0.1, 0.15) is 39.5 Å². The number of hydrogen-bond donors (Lipinski definition) is 1. The summed E-state index contributed by atoms with van der Waals surface area (Å²) in [6.07, 6.45) is 4.39. The zero-order chi connectivity index (χ0) is 9.56. The van der Waals surface area contributed by atoms with E-state index in [1.807, 2.05) is 0 Å². The van der Waals surface area contributed by atoms with E-state index in [0.717, 1.165) is 12.8 Å². The van der Waals surface area contributed by atoms with Crippen LogP contribution in [0.5, 0.6) is 0 Å². The van der Waals surface area contributed by atoms with E-state index in [1.165, 1.54) is 12.8 Å². The zero-order valence-electron chi connectivity index (χ0n) is 8.05. The molecule has 1 radical (unpaired) electrons. The second kappa shape index (κ2) is 6.04. The zero-order valence-corrected chi connectivity index (χ0v) is 8.05. The van der Waals surface area contributed by atoms with Gasteiger partial charge in [0.05, 0.1) is 5.92 Å². The average Bonchev–Trinajstić information content (AvgIpc) is 2.03. The predicted molar refractivity (Wildman–Crippen MR) is 49.8 cm³/mol. The van der Waals surface area contributed by atoms with Gasteiger partial charge < -0.3 is 5.11 Å². The first-order valence-electron chi connectivity index (χ1n) is 4.65. The van der Waals surface area contributed by atoms with Crippen LogP contribution in [0.25, 0.3) is 0 Å². The number of carboxylic acid groups (broad SMARTS) is 1. The Morgan fingerprint density at radius 1 is 1.50 bits per heavy atom. The lowest BCUT2D eigenvalue weighted by atomic mass is 9.91. The monoisotopic (exact) mass is 171 g/mol. The lowest BCUT2D eigenvalue weighted by Crippen LogP contribution is -2.18. The summed E-state index contributed by atoms with van der Waals surface area (Å²) in [5.74, 6) is -0.970. The van der Waals surface area contributed by atoms with Crippen LogP contribution in [-0.4, -0.2) is 11.1 Å². The number of carboxylic acids is 1. The van der Waals surface area contributed by atoms with Crippen LogP contribution in [0.4, 0.5) is 0 Å². The Hall–Kier alpha value is -0.530. The third-order valence-corrected chi connectivity index (χ3v) is 2.28. The maximum absolute atomic E-state index is 10.5. The summed E-state index contributed by atoms with van der Waals surface area (Å²) in [5, 5.41) is 8.67. The second-order valence-corrected chi connectivity index (χ2v) is 3.38. The van der Waals surface area contributed by atoms with Crippen LogP contribution in [0.15, 0.2) is 0 Å². The second-order valence-electron chi connectivity index (χ2n) is 3.38. The van der Waals surface area contributed by atoms with Crippen LogP contribution < -0.4 is 0 Å². The Morgan fingerprint density at radius 3 is 2.50 bits per heavy atom. The number of unbranched alkanes of at least 4 members (excludes halogenated alkanes) is 2. The summed E-state index contributed by atoms with van der Waals surface area (Å²) in [6, 6.07) is 0. The highest BCUT2D eigenvalue weighted by Crippen LogP contribution is 2.17. The lowest BCUT2D eigenvalue weighted by molar-refractivity contribution is -0.142. The molecule has 0 rings (SSSR count). The molecule has 0 bridgehead atoms. The van der Waals surface area contributed by atoms with Gasteiger partial charge in [-0.25, -0.2) is 0 Å². The van der Waals surface area contributed by atoms with Crippen molar-refractivity contribution in [1.82, 2.24) is 0 Å². The van der Waals surface area contributed by atoms with Crippen molar-refractivity contribution in [1.29, 1.82) is 0 Å². The maximum Gasteiger partial charge on any atom is 0.306 e. The molecule has 12 heavy (non-hydrogen) atoms. The van der Waals surface area contributed by atoms with E-state index in [2.05, 4.69) is 13.8 Å². The number of carbonyl (C=O) groups is 1. The normalized spacial score (nSPS) is 15.6. The molecule has 2 atom stereocenters. The summed E-state index contributed by atoms with van der Waals surface area (Å²) in [4.78, 5) is 10.5. The molecule has 0 heterocycles. The average molecular weight is 171 g/mol. The molecule has 0 aromatic heterocycles. The quantitative estimate of drug-likeness (QED) is 0.624. The topological polar surface area (TPSA) is 37.3 Å². The Kier molecular flexibility index (Phi) is 5.77. The van der Waals surface area contributed by atoms with Crippen LogP contribution in [0.2, 0.25) is 0 Å². The van der Waals surface area contributed by atoms with Crippen molar-refractivity contribution < 1.29 is 9.90 Å². The van der Waals surface area contributed by atoms with Gasteiger partial charge in [0, 0.05) is 0 Å². The van der Waals surface area contributed by atoms with Crippen molar-refractivity contribution in [2.24, 2.45) is 11.8 Å². The minimum atomic E-state index is -0.730. The summed E-state index contributed by atoms with van der Waals surface area (Å²) >= 11 is 0. The molecule has 1 N–H and O–H groups in total. The van der Waals surface area contributed by atoms with Crippen molar-refractivity contribution in [3.63, 3.8) is 0 Å². The minimum absolute atomic E-state index is 0.0639. The molecular formula is C10H19O2. The molecule has 0 aliphatic carbocycles. The van der Waals surface area contributed by atoms with Crippen LogP contribution in [0, 0.1) is 18.8 Å². The van der Waals surface area contributed by atoms with Crippen LogP contribution in [-0.2, 0) is 4.79 Å². The molecule has 0 amide bonds. The number of hydrogen-bond acceptors (Lipinski definition) is 1. The lowest BCUT2D eigenvalue weighted by Gasteiger charge is -2.14. The smallest absolute Gasteiger partial charge is 0.306 e. The SMILES string of the molecule is [CH2]C(CCCCC)C(C)C(=O)O. The van der Waals surface area contributed by atoms with Crippen LogP contribution in [0.3, 0.4) is 0 Å². The van der Waals surface area contributed by atoms with Crippen molar-refractivity contribution in [2.75, 3.05) is 0 Å². The van der Waals surface area contributed by atoms with Crippen LogP contribution >= 0.6 is 0 Å². The maximum atomic E-state index is 10.5. The van der Waals surface area contributed by atoms with Gasteiger partial charge in [-0.05, 0) is 19.3 Å². The number of aliphatic carboxylic acids is 1. The molecule has 0 aliphatic heterocycles. The van der Waals surface area contributed by atoms with E-state index in [0.29, 0.717) is 0 Å². The highest BCUT2D eigenvalue weighted by molar-refractivity contribution is 5.69. The first-order valence-corrected chi connectivity index (χ1v) is 4.65. The Balaban J connectivity index is 3.56. The Bertz CT molecular complexity index is 132. The first kappa shape index (κ1) is 11.5. The molecule has 0 saturated carbocycles. The molecule has 0 spiro atoms. The molecular weight excluding hydrogens is 152 g/mol. The van der Waals surface area contributed by atoms with Gasteiger partial charge in [0.25, 0.3) is 0 Å². The standard InChI is InChI=1S/C10H19O2/c1-4-5-6-7-8(2)9(3)10(11)12/h8-9H,2,4-7H2,1,3H3,(H,11,12). The van der Waals surface area contributed by atoms with E-state index in [9.17, 15) is 4.79 Å². The highest BCUT2D eigenvalue weighted by atomic mass is 16.4.